The zero-order valence-corrected chi connectivity index (χ0v) is 27.5. The summed E-state index contributed by atoms with van der Waals surface area (Å²) in [7, 11) is 0. The number of hydrogen-bond acceptors (Lipinski definition) is 19. The third kappa shape index (κ3) is 7.03. The lowest BCUT2D eigenvalue weighted by Crippen LogP contribution is -2.67. The predicted octanol–water partition coefficient (Wildman–Crippen LogP) is -2.54. The first kappa shape index (κ1) is 38.1. The van der Waals surface area contributed by atoms with E-state index in [-0.39, 0.29) is 22.7 Å². The summed E-state index contributed by atoms with van der Waals surface area (Å²) in [6, 6.07) is 7.15. The molecule has 3 aromatic rings. The molecule has 3 saturated heterocycles. The van der Waals surface area contributed by atoms with Crippen molar-refractivity contribution >= 4 is 11.0 Å². The van der Waals surface area contributed by atoms with Gasteiger partial charge in [-0.3, -0.25) is 4.79 Å². The number of fused-ring (bicyclic) bond motifs is 1. The predicted molar refractivity (Wildman–Crippen MR) is 170 cm³/mol. The van der Waals surface area contributed by atoms with Gasteiger partial charge in [0.25, 0.3) is 0 Å². The summed E-state index contributed by atoms with van der Waals surface area (Å²) in [5.41, 5.74) is -1.17. The molecule has 4 heterocycles. The summed E-state index contributed by atoms with van der Waals surface area (Å²) < 4.78 is 41.0. The van der Waals surface area contributed by atoms with E-state index < -0.39 is 127 Å². The van der Waals surface area contributed by atoms with Crippen LogP contribution in [0.3, 0.4) is 0 Å². The van der Waals surface area contributed by atoms with Crippen molar-refractivity contribution in [3.63, 3.8) is 0 Å². The minimum absolute atomic E-state index is 0.131. The average molecular weight is 741 g/mol. The van der Waals surface area contributed by atoms with Crippen LogP contribution in [0.25, 0.3) is 22.3 Å². The second kappa shape index (κ2) is 15.0. The molecule has 0 amide bonds. The van der Waals surface area contributed by atoms with Gasteiger partial charge in [0.2, 0.25) is 17.5 Å². The van der Waals surface area contributed by atoms with Gasteiger partial charge in [-0.15, -0.1) is 0 Å². The van der Waals surface area contributed by atoms with Crippen LogP contribution in [0.15, 0.2) is 45.6 Å². The fourth-order valence-electron chi connectivity index (χ4n) is 6.29. The maximum atomic E-state index is 14.1. The molecule has 19 nitrogen and oxygen atoms in total. The molecule has 3 fully saturated rings. The number of benzene rings is 2. The Kier molecular flexibility index (Phi) is 11.0. The van der Waals surface area contributed by atoms with E-state index in [2.05, 4.69) is 0 Å². The third-order valence-electron chi connectivity index (χ3n) is 9.28. The summed E-state index contributed by atoms with van der Waals surface area (Å²) in [6.07, 6.45) is -25.4. The van der Waals surface area contributed by atoms with Crippen LogP contribution in [-0.2, 0) is 23.7 Å². The van der Waals surface area contributed by atoms with E-state index in [9.17, 15) is 61.0 Å². The zero-order chi connectivity index (χ0) is 37.8. The van der Waals surface area contributed by atoms with Crippen molar-refractivity contribution in [2.75, 3.05) is 6.61 Å². The maximum absolute atomic E-state index is 14.1. The highest BCUT2D eigenvalue weighted by atomic mass is 16.8. The number of aliphatic hydroxyl groups is 8. The second-order valence-corrected chi connectivity index (χ2v) is 12.9. The van der Waals surface area contributed by atoms with Crippen molar-refractivity contribution < 1.29 is 89.0 Å². The fourth-order valence-corrected chi connectivity index (χ4v) is 6.29. The first-order chi connectivity index (χ1) is 24.6. The highest BCUT2D eigenvalue weighted by molar-refractivity contribution is 5.88. The molecule has 2 aromatic carbocycles. The van der Waals surface area contributed by atoms with Gasteiger partial charge in [-0.1, -0.05) is 0 Å². The molecule has 0 saturated carbocycles. The van der Waals surface area contributed by atoms with E-state index in [1.165, 1.54) is 38.1 Å². The van der Waals surface area contributed by atoms with Crippen molar-refractivity contribution in [1.82, 2.24) is 0 Å². The monoisotopic (exact) mass is 740 g/mol. The number of aliphatic hydroxyl groups excluding tert-OH is 8. The van der Waals surface area contributed by atoms with Crippen molar-refractivity contribution in [2.24, 2.45) is 0 Å². The van der Waals surface area contributed by atoms with Crippen LogP contribution in [0, 0.1) is 0 Å². The minimum atomic E-state index is -1.95. The Morgan fingerprint density at radius 2 is 1.21 bits per heavy atom. The average Bonchev–Trinajstić information content (AvgIpc) is 3.10. The number of aromatic hydroxyl groups is 3. The van der Waals surface area contributed by atoms with Gasteiger partial charge in [0.15, 0.2) is 24.4 Å². The van der Waals surface area contributed by atoms with Crippen LogP contribution in [-0.4, -0.2) is 155 Å². The lowest BCUT2D eigenvalue weighted by Gasteiger charge is -2.48. The first-order valence-electron chi connectivity index (χ1n) is 16.2. The minimum Gasteiger partial charge on any atom is -0.508 e. The van der Waals surface area contributed by atoms with Crippen molar-refractivity contribution in [1.29, 1.82) is 0 Å². The van der Waals surface area contributed by atoms with Gasteiger partial charge >= 0.3 is 0 Å². The highest BCUT2D eigenvalue weighted by Crippen LogP contribution is 2.39. The van der Waals surface area contributed by atoms with Crippen LogP contribution >= 0.6 is 0 Å². The summed E-state index contributed by atoms with van der Waals surface area (Å²) in [4.78, 5) is 14.1. The lowest BCUT2D eigenvalue weighted by atomic mass is 9.96. The molecule has 15 atom stereocenters. The van der Waals surface area contributed by atoms with Crippen LogP contribution in [0.5, 0.6) is 23.0 Å². The topological polar surface area (TPSA) is 308 Å². The van der Waals surface area contributed by atoms with Crippen molar-refractivity contribution in [3.05, 3.63) is 46.6 Å². The van der Waals surface area contributed by atoms with Gasteiger partial charge in [0.05, 0.1) is 18.8 Å². The molecule has 15 unspecified atom stereocenters. The molecule has 0 spiro atoms. The molecule has 11 N–H and O–H groups in total. The van der Waals surface area contributed by atoms with Gasteiger partial charge in [0, 0.05) is 17.7 Å². The van der Waals surface area contributed by atoms with Gasteiger partial charge < -0.3 is 89.0 Å². The summed E-state index contributed by atoms with van der Waals surface area (Å²) in [5, 5.41) is 115. The Labute approximate surface area is 293 Å². The summed E-state index contributed by atoms with van der Waals surface area (Å²) >= 11 is 0. The number of ether oxygens (including phenoxy) is 6. The molecule has 0 aliphatic carbocycles. The third-order valence-corrected chi connectivity index (χ3v) is 9.28. The van der Waals surface area contributed by atoms with Crippen molar-refractivity contribution in [3.8, 4) is 34.3 Å². The Bertz CT molecular complexity index is 1770. The van der Waals surface area contributed by atoms with Gasteiger partial charge in [-0.05, 0) is 38.1 Å². The molecule has 6 rings (SSSR count). The van der Waals surface area contributed by atoms with Gasteiger partial charge in [0.1, 0.15) is 83.2 Å². The first-order valence-corrected chi connectivity index (χ1v) is 16.2. The van der Waals surface area contributed by atoms with Crippen LogP contribution in [0.2, 0.25) is 0 Å². The normalized spacial score (nSPS) is 38.3. The van der Waals surface area contributed by atoms with Crippen molar-refractivity contribution in [2.45, 2.75) is 106 Å². The Morgan fingerprint density at radius 3 is 1.77 bits per heavy atom. The Balaban J connectivity index is 1.47. The molecule has 0 bridgehead atoms. The van der Waals surface area contributed by atoms with E-state index in [1.807, 2.05) is 0 Å². The molecule has 286 valence electrons. The van der Waals surface area contributed by atoms with Gasteiger partial charge in [-0.25, -0.2) is 0 Å². The number of phenolic OH excluding ortho intramolecular Hbond substituents is 3. The van der Waals surface area contributed by atoms with E-state index >= 15 is 0 Å². The highest BCUT2D eigenvalue weighted by Gasteiger charge is 2.54. The maximum Gasteiger partial charge on any atom is 0.239 e. The fraction of sp³-hybridized carbons (Fsp3) is 0.545. The standard InChI is InChI=1S/C33H40O19/c1-10-19(38)23(42)25(44)31(46-10)50-28-21(40)17(9-34)49-33(30(28)52-32-26(45)24(43)20(39)11(2)47-32)51-29-22(41)18-15(37)7-14(36)8-16(18)48-27(29)12-3-5-13(35)6-4-12/h3-8,10-11,17,19-21,23-26,28,30-40,42-45H,9H2,1-2H3. The summed E-state index contributed by atoms with van der Waals surface area (Å²) in [6.45, 7) is 1.83. The van der Waals surface area contributed by atoms with Crippen LogP contribution in [0.4, 0.5) is 0 Å². The van der Waals surface area contributed by atoms with E-state index in [0.29, 0.717) is 0 Å². The number of phenols is 3. The molecule has 52 heavy (non-hydrogen) atoms. The Morgan fingerprint density at radius 1 is 0.654 bits per heavy atom. The lowest BCUT2D eigenvalue weighted by molar-refractivity contribution is -0.381. The molecule has 0 radical (unpaired) electrons. The van der Waals surface area contributed by atoms with E-state index in [0.717, 1.165) is 12.1 Å². The molecule has 3 aliphatic heterocycles. The molecule has 19 heteroatoms. The molecular weight excluding hydrogens is 700 g/mol. The molecule has 3 aliphatic rings. The van der Waals surface area contributed by atoms with Crippen LogP contribution < -0.4 is 10.2 Å². The molecule has 1 aromatic heterocycles. The number of rotatable bonds is 8. The zero-order valence-electron chi connectivity index (χ0n) is 27.5. The summed E-state index contributed by atoms with van der Waals surface area (Å²) in [5.74, 6) is -2.30. The van der Waals surface area contributed by atoms with Gasteiger partial charge in [-0.2, -0.15) is 0 Å². The second-order valence-electron chi connectivity index (χ2n) is 12.9. The van der Waals surface area contributed by atoms with Crippen LogP contribution in [0.1, 0.15) is 13.8 Å². The van der Waals surface area contributed by atoms with E-state index in [4.69, 9.17) is 32.8 Å². The molecular formula is C33H40O19. The van der Waals surface area contributed by atoms with E-state index in [1.54, 1.807) is 0 Å². The quantitative estimate of drug-likeness (QED) is 0.113. The largest absolute Gasteiger partial charge is 0.508 e. The Hall–Kier alpha value is -3.67. The SMILES string of the molecule is CC1OC(OC2C(Oc3c(-c4ccc(O)cc4)oc4cc(O)cc(O)c4c3=O)OC(CO)C(O)C2OC2OC(C)C(O)C(O)C2O)C(O)C(O)C1O. The smallest absolute Gasteiger partial charge is 0.239 e. The number of hydrogen-bond donors (Lipinski definition) is 11.